The van der Waals surface area contributed by atoms with Crippen LogP contribution in [0, 0.1) is 0 Å². The summed E-state index contributed by atoms with van der Waals surface area (Å²) in [6.07, 6.45) is 6.62. The third kappa shape index (κ3) is 3.58. The molecule has 1 aromatic rings. The van der Waals surface area contributed by atoms with E-state index in [2.05, 4.69) is 17.0 Å². The van der Waals surface area contributed by atoms with Crippen LogP contribution in [-0.2, 0) is 13.0 Å². The predicted octanol–water partition coefficient (Wildman–Crippen LogP) is 2.63. The van der Waals surface area contributed by atoms with Crippen LogP contribution < -0.4 is 5.73 Å². The van der Waals surface area contributed by atoms with E-state index in [1.54, 1.807) is 0 Å². The number of likely N-dealkylation sites (tertiary alicyclic amines) is 1. The highest BCUT2D eigenvalue weighted by Crippen LogP contribution is 2.20. The van der Waals surface area contributed by atoms with Crippen LogP contribution in [0.2, 0.25) is 0 Å². The van der Waals surface area contributed by atoms with Crippen molar-refractivity contribution in [3.8, 4) is 0 Å². The summed E-state index contributed by atoms with van der Waals surface area (Å²) in [6, 6.07) is 4.52. The first kappa shape index (κ1) is 12.1. The summed E-state index contributed by atoms with van der Waals surface area (Å²) < 4.78 is 0. The largest absolute Gasteiger partial charge is 0.330 e. The van der Waals surface area contributed by atoms with Gasteiger partial charge in [-0.1, -0.05) is 12.8 Å². The van der Waals surface area contributed by atoms with Gasteiger partial charge in [0.05, 0.1) is 0 Å². The Balaban J connectivity index is 1.86. The average molecular weight is 238 g/mol. The van der Waals surface area contributed by atoms with Crippen LogP contribution in [0.1, 0.15) is 35.4 Å². The van der Waals surface area contributed by atoms with E-state index in [0.29, 0.717) is 0 Å². The molecule has 16 heavy (non-hydrogen) atoms. The van der Waals surface area contributed by atoms with Crippen LogP contribution in [-0.4, -0.2) is 24.5 Å². The molecule has 3 heteroatoms. The Morgan fingerprint density at radius 3 is 2.44 bits per heavy atom. The number of thiophene rings is 1. The lowest BCUT2D eigenvalue weighted by Crippen LogP contribution is -2.23. The molecule has 0 atom stereocenters. The topological polar surface area (TPSA) is 29.3 Å². The first-order valence-electron chi connectivity index (χ1n) is 6.38. The zero-order chi connectivity index (χ0) is 11.2. The van der Waals surface area contributed by atoms with Crippen LogP contribution in [0.5, 0.6) is 0 Å². The van der Waals surface area contributed by atoms with Crippen molar-refractivity contribution in [2.75, 3.05) is 19.6 Å². The molecule has 1 aliphatic rings. The zero-order valence-electron chi connectivity index (χ0n) is 9.95. The summed E-state index contributed by atoms with van der Waals surface area (Å²) in [7, 11) is 0. The summed E-state index contributed by atoms with van der Waals surface area (Å²) in [5.41, 5.74) is 5.57. The molecule has 2 N–H and O–H groups in total. The van der Waals surface area contributed by atoms with Gasteiger partial charge in [0.25, 0.3) is 0 Å². The quantitative estimate of drug-likeness (QED) is 0.873. The van der Waals surface area contributed by atoms with Gasteiger partial charge in [-0.3, -0.25) is 4.90 Å². The Morgan fingerprint density at radius 1 is 1.06 bits per heavy atom. The van der Waals surface area contributed by atoms with Crippen molar-refractivity contribution < 1.29 is 0 Å². The maximum Gasteiger partial charge on any atom is 0.0328 e. The Hall–Kier alpha value is -0.380. The molecule has 0 aromatic carbocycles. The first-order chi connectivity index (χ1) is 7.88. The second-order valence-electron chi connectivity index (χ2n) is 4.60. The fraction of sp³-hybridized carbons (Fsp3) is 0.692. The summed E-state index contributed by atoms with van der Waals surface area (Å²) in [4.78, 5) is 5.54. The van der Waals surface area contributed by atoms with Crippen LogP contribution in [0.4, 0.5) is 0 Å². The molecule has 0 unspecified atom stereocenters. The standard InChI is InChI=1S/C13H22N2S/c14-8-7-12-5-6-13(16-12)11-15-9-3-1-2-4-10-15/h5-6H,1-4,7-11,14H2. The van der Waals surface area contributed by atoms with Gasteiger partial charge in [-0.05, 0) is 51.0 Å². The molecule has 2 heterocycles. The van der Waals surface area contributed by atoms with Crippen LogP contribution in [0.15, 0.2) is 12.1 Å². The van der Waals surface area contributed by atoms with Crippen LogP contribution in [0.25, 0.3) is 0 Å². The molecule has 1 saturated heterocycles. The molecule has 1 aliphatic heterocycles. The van der Waals surface area contributed by atoms with Crippen molar-refractivity contribution in [1.29, 1.82) is 0 Å². The van der Waals surface area contributed by atoms with Crippen molar-refractivity contribution in [3.05, 3.63) is 21.9 Å². The number of hydrogen-bond donors (Lipinski definition) is 1. The van der Waals surface area contributed by atoms with E-state index in [1.807, 2.05) is 11.3 Å². The van der Waals surface area contributed by atoms with Crippen molar-refractivity contribution in [1.82, 2.24) is 4.90 Å². The van der Waals surface area contributed by atoms with E-state index in [0.717, 1.165) is 19.5 Å². The Bertz CT molecular complexity index is 301. The van der Waals surface area contributed by atoms with E-state index in [-0.39, 0.29) is 0 Å². The highest BCUT2D eigenvalue weighted by Gasteiger charge is 2.10. The third-order valence-electron chi connectivity index (χ3n) is 3.19. The molecule has 1 fully saturated rings. The molecule has 90 valence electrons. The van der Waals surface area contributed by atoms with E-state index in [1.165, 1.54) is 48.5 Å². The Morgan fingerprint density at radius 2 is 1.75 bits per heavy atom. The summed E-state index contributed by atoms with van der Waals surface area (Å²) >= 11 is 1.94. The second-order valence-corrected chi connectivity index (χ2v) is 5.85. The molecule has 0 spiro atoms. The fourth-order valence-electron chi connectivity index (χ4n) is 2.30. The maximum absolute atomic E-state index is 5.57. The number of nitrogens with zero attached hydrogens (tertiary/aromatic N) is 1. The number of hydrogen-bond acceptors (Lipinski definition) is 3. The maximum atomic E-state index is 5.57. The summed E-state index contributed by atoms with van der Waals surface area (Å²) in [5.74, 6) is 0. The lowest BCUT2D eigenvalue weighted by atomic mass is 10.2. The molecule has 0 amide bonds. The lowest BCUT2D eigenvalue weighted by Gasteiger charge is -2.18. The van der Waals surface area contributed by atoms with Gasteiger partial charge in [-0.25, -0.2) is 0 Å². The number of rotatable bonds is 4. The van der Waals surface area contributed by atoms with Crippen molar-refractivity contribution >= 4 is 11.3 Å². The van der Waals surface area contributed by atoms with Gasteiger partial charge < -0.3 is 5.73 Å². The number of nitrogens with two attached hydrogens (primary N) is 1. The minimum absolute atomic E-state index is 0.768. The zero-order valence-corrected chi connectivity index (χ0v) is 10.8. The van der Waals surface area contributed by atoms with Gasteiger partial charge in [0.1, 0.15) is 0 Å². The SMILES string of the molecule is NCCc1ccc(CN2CCCCCC2)s1. The third-order valence-corrected chi connectivity index (χ3v) is 4.32. The smallest absolute Gasteiger partial charge is 0.0328 e. The highest BCUT2D eigenvalue weighted by molar-refractivity contribution is 7.11. The van der Waals surface area contributed by atoms with E-state index >= 15 is 0 Å². The first-order valence-corrected chi connectivity index (χ1v) is 7.20. The average Bonchev–Trinajstić information content (AvgIpc) is 2.56. The molecule has 2 nitrogen and oxygen atoms in total. The molecule has 0 bridgehead atoms. The highest BCUT2D eigenvalue weighted by atomic mass is 32.1. The van der Waals surface area contributed by atoms with Crippen LogP contribution >= 0.6 is 11.3 Å². The Labute approximate surface area is 102 Å². The van der Waals surface area contributed by atoms with E-state index < -0.39 is 0 Å². The van der Waals surface area contributed by atoms with Gasteiger partial charge in [0.15, 0.2) is 0 Å². The van der Waals surface area contributed by atoms with Gasteiger partial charge in [0, 0.05) is 16.3 Å². The normalized spacial score (nSPS) is 18.6. The van der Waals surface area contributed by atoms with Gasteiger partial charge >= 0.3 is 0 Å². The predicted molar refractivity (Wildman–Crippen MR) is 70.8 cm³/mol. The van der Waals surface area contributed by atoms with Gasteiger partial charge in [0.2, 0.25) is 0 Å². The second kappa shape index (κ2) is 6.38. The van der Waals surface area contributed by atoms with Gasteiger partial charge in [-0.2, -0.15) is 0 Å². The minimum atomic E-state index is 0.768. The monoisotopic (exact) mass is 238 g/mol. The molecule has 1 aromatic heterocycles. The minimum Gasteiger partial charge on any atom is -0.330 e. The van der Waals surface area contributed by atoms with Crippen molar-refractivity contribution in [3.63, 3.8) is 0 Å². The Kier molecular flexibility index (Phi) is 4.82. The molecule has 0 saturated carbocycles. The molecular formula is C13H22N2S. The lowest BCUT2D eigenvalue weighted by molar-refractivity contribution is 0.279. The van der Waals surface area contributed by atoms with Crippen LogP contribution in [0.3, 0.4) is 0 Å². The van der Waals surface area contributed by atoms with Crippen molar-refractivity contribution in [2.24, 2.45) is 5.73 Å². The van der Waals surface area contributed by atoms with Crippen molar-refractivity contribution in [2.45, 2.75) is 38.6 Å². The fourth-order valence-corrected chi connectivity index (χ4v) is 3.37. The molecule has 2 rings (SSSR count). The molecule has 0 radical (unpaired) electrons. The van der Waals surface area contributed by atoms with Gasteiger partial charge in [-0.15, -0.1) is 11.3 Å². The van der Waals surface area contributed by atoms with E-state index in [9.17, 15) is 0 Å². The van der Waals surface area contributed by atoms with E-state index in [4.69, 9.17) is 5.73 Å². The molecule has 0 aliphatic carbocycles. The summed E-state index contributed by atoms with van der Waals surface area (Å²) in [6.45, 7) is 4.48. The molecular weight excluding hydrogens is 216 g/mol. The summed E-state index contributed by atoms with van der Waals surface area (Å²) in [5, 5.41) is 0.